The molecule has 1 saturated carbocycles. The van der Waals surface area contributed by atoms with Gasteiger partial charge in [-0.1, -0.05) is 0 Å². The van der Waals surface area contributed by atoms with Crippen molar-refractivity contribution >= 4 is 11.6 Å². The van der Waals surface area contributed by atoms with E-state index in [1.165, 1.54) is 12.1 Å². The van der Waals surface area contributed by atoms with Crippen LogP contribution >= 0.6 is 11.6 Å². The Balaban J connectivity index is 2.13. The van der Waals surface area contributed by atoms with E-state index < -0.39 is 11.6 Å². The van der Waals surface area contributed by atoms with Gasteiger partial charge in [-0.25, -0.2) is 8.78 Å². The third-order valence-corrected chi connectivity index (χ3v) is 3.16. The molecule has 0 bridgehead atoms. The summed E-state index contributed by atoms with van der Waals surface area (Å²) in [5.41, 5.74) is 0.392. The number of halogens is 3. The van der Waals surface area contributed by atoms with Gasteiger partial charge in [0, 0.05) is 17.7 Å². The first-order valence-corrected chi connectivity index (χ1v) is 6.18. The van der Waals surface area contributed by atoms with Gasteiger partial charge < -0.3 is 4.57 Å². The molecule has 1 aromatic carbocycles. The summed E-state index contributed by atoms with van der Waals surface area (Å²) in [6.07, 6.45) is 2.04. The fraction of sp³-hybridized carbons (Fsp3) is 0.333. The zero-order valence-electron chi connectivity index (χ0n) is 9.41. The molecule has 2 aromatic rings. The van der Waals surface area contributed by atoms with E-state index in [1.54, 1.807) is 0 Å². The molecule has 1 aliphatic rings. The van der Waals surface area contributed by atoms with Gasteiger partial charge in [-0.3, -0.25) is 0 Å². The number of nitrogens with zero attached hydrogens (tertiary/aromatic N) is 3. The van der Waals surface area contributed by atoms with E-state index in [0.717, 1.165) is 18.9 Å². The van der Waals surface area contributed by atoms with Crippen LogP contribution in [0.3, 0.4) is 0 Å². The molecule has 0 aliphatic heterocycles. The summed E-state index contributed by atoms with van der Waals surface area (Å²) < 4.78 is 28.3. The molecular weight excluding hydrogens is 260 g/mol. The minimum absolute atomic E-state index is 0.237. The summed E-state index contributed by atoms with van der Waals surface area (Å²) in [6.45, 7) is 0. The average molecular weight is 270 g/mol. The molecule has 1 aromatic heterocycles. The molecule has 6 heteroatoms. The quantitative estimate of drug-likeness (QED) is 0.801. The summed E-state index contributed by atoms with van der Waals surface area (Å²) in [6, 6.07) is 3.65. The first-order chi connectivity index (χ1) is 8.69. The van der Waals surface area contributed by atoms with Crippen molar-refractivity contribution in [1.82, 2.24) is 14.8 Å². The largest absolute Gasteiger partial charge is 0.307 e. The van der Waals surface area contributed by atoms with Crippen molar-refractivity contribution in [2.75, 3.05) is 0 Å². The van der Waals surface area contributed by atoms with Crippen LogP contribution in [0, 0.1) is 11.6 Å². The highest BCUT2D eigenvalue weighted by Crippen LogP contribution is 2.39. The van der Waals surface area contributed by atoms with Crippen molar-refractivity contribution in [3.05, 3.63) is 35.7 Å². The monoisotopic (exact) mass is 269 g/mol. The molecule has 94 valence electrons. The van der Waals surface area contributed by atoms with Gasteiger partial charge in [0.25, 0.3) is 0 Å². The molecule has 1 fully saturated rings. The molecule has 1 aliphatic carbocycles. The second kappa shape index (κ2) is 4.31. The molecule has 3 rings (SSSR count). The summed E-state index contributed by atoms with van der Waals surface area (Å²) in [5, 5.41) is 7.96. The highest BCUT2D eigenvalue weighted by Gasteiger charge is 2.29. The molecule has 0 radical (unpaired) electrons. The molecule has 18 heavy (non-hydrogen) atoms. The highest BCUT2D eigenvalue weighted by molar-refractivity contribution is 6.16. The molecular formula is C12H10ClF2N3. The van der Waals surface area contributed by atoms with Crippen molar-refractivity contribution < 1.29 is 8.78 Å². The van der Waals surface area contributed by atoms with Crippen LogP contribution in [0.25, 0.3) is 11.4 Å². The van der Waals surface area contributed by atoms with Crippen molar-refractivity contribution in [3.63, 3.8) is 0 Å². The lowest BCUT2D eigenvalue weighted by Gasteiger charge is -2.07. The number of alkyl halides is 1. The molecule has 0 N–H and O–H groups in total. The van der Waals surface area contributed by atoms with Crippen molar-refractivity contribution in [2.45, 2.75) is 24.8 Å². The third kappa shape index (κ3) is 1.99. The smallest absolute Gasteiger partial charge is 0.164 e. The second-order valence-electron chi connectivity index (χ2n) is 4.33. The maximum atomic E-state index is 13.2. The van der Waals surface area contributed by atoms with Crippen LogP contribution in [-0.4, -0.2) is 14.8 Å². The molecule has 0 spiro atoms. The Morgan fingerprint density at radius 3 is 2.39 bits per heavy atom. The Bertz CT molecular complexity index is 573. The Morgan fingerprint density at radius 2 is 1.83 bits per heavy atom. The topological polar surface area (TPSA) is 30.7 Å². The lowest BCUT2D eigenvalue weighted by atomic mass is 10.2. The van der Waals surface area contributed by atoms with Gasteiger partial charge in [0.15, 0.2) is 5.82 Å². The summed E-state index contributed by atoms with van der Waals surface area (Å²) in [5.74, 6) is 0.109. The van der Waals surface area contributed by atoms with E-state index in [9.17, 15) is 8.78 Å². The Hall–Kier alpha value is -1.49. The summed E-state index contributed by atoms with van der Waals surface area (Å²) >= 11 is 5.80. The number of benzene rings is 1. The normalized spacial score (nSPS) is 15.1. The molecule has 0 amide bonds. The maximum absolute atomic E-state index is 13.2. The average Bonchev–Trinajstić information content (AvgIpc) is 3.07. The van der Waals surface area contributed by atoms with E-state index >= 15 is 0 Å². The SMILES string of the molecule is Fc1cc(F)cc(-c2nnc(CCl)n2C2CC2)c1. The fourth-order valence-electron chi connectivity index (χ4n) is 2.01. The maximum Gasteiger partial charge on any atom is 0.164 e. The van der Waals surface area contributed by atoms with E-state index in [4.69, 9.17) is 11.6 Å². The Labute approximate surface area is 107 Å². The minimum Gasteiger partial charge on any atom is -0.307 e. The van der Waals surface area contributed by atoms with Gasteiger partial charge in [-0.2, -0.15) is 0 Å². The van der Waals surface area contributed by atoms with Gasteiger partial charge in [-0.05, 0) is 25.0 Å². The van der Waals surface area contributed by atoms with Crippen molar-refractivity contribution in [3.8, 4) is 11.4 Å². The summed E-state index contributed by atoms with van der Waals surface area (Å²) in [4.78, 5) is 0. The van der Waals surface area contributed by atoms with Crippen LogP contribution in [0.5, 0.6) is 0 Å². The number of hydrogen-bond donors (Lipinski definition) is 0. The van der Waals surface area contributed by atoms with Crippen molar-refractivity contribution in [2.24, 2.45) is 0 Å². The van der Waals surface area contributed by atoms with Gasteiger partial charge in [0.1, 0.15) is 17.5 Å². The van der Waals surface area contributed by atoms with E-state index in [-0.39, 0.29) is 5.88 Å². The molecule has 0 atom stereocenters. The lowest BCUT2D eigenvalue weighted by molar-refractivity contribution is 0.583. The lowest BCUT2D eigenvalue weighted by Crippen LogP contribution is -2.02. The van der Waals surface area contributed by atoms with Crippen LogP contribution in [0.15, 0.2) is 18.2 Å². The molecule has 3 nitrogen and oxygen atoms in total. The van der Waals surface area contributed by atoms with E-state index in [0.29, 0.717) is 23.3 Å². The molecule has 1 heterocycles. The zero-order chi connectivity index (χ0) is 12.7. The van der Waals surface area contributed by atoms with E-state index in [2.05, 4.69) is 10.2 Å². The van der Waals surface area contributed by atoms with Crippen LogP contribution in [0.4, 0.5) is 8.78 Å². The van der Waals surface area contributed by atoms with E-state index in [1.807, 2.05) is 4.57 Å². The Kier molecular flexibility index (Phi) is 2.78. The van der Waals surface area contributed by atoms with Gasteiger partial charge in [0.2, 0.25) is 0 Å². The van der Waals surface area contributed by atoms with Crippen LogP contribution in [0.1, 0.15) is 24.7 Å². The summed E-state index contributed by atoms with van der Waals surface area (Å²) in [7, 11) is 0. The van der Waals surface area contributed by atoms with Gasteiger partial charge in [-0.15, -0.1) is 21.8 Å². The van der Waals surface area contributed by atoms with Crippen LogP contribution in [-0.2, 0) is 5.88 Å². The standard InChI is InChI=1S/C12H10ClF2N3/c13-6-11-16-17-12(18(11)10-1-2-10)7-3-8(14)5-9(15)4-7/h3-5,10H,1-2,6H2. The first-order valence-electron chi connectivity index (χ1n) is 5.65. The molecule has 0 unspecified atom stereocenters. The fourth-order valence-corrected chi connectivity index (χ4v) is 2.19. The van der Waals surface area contributed by atoms with Gasteiger partial charge in [0.05, 0.1) is 5.88 Å². The number of hydrogen-bond acceptors (Lipinski definition) is 2. The third-order valence-electron chi connectivity index (χ3n) is 2.92. The van der Waals surface area contributed by atoms with Gasteiger partial charge >= 0.3 is 0 Å². The second-order valence-corrected chi connectivity index (χ2v) is 4.60. The number of rotatable bonds is 3. The van der Waals surface area contributed by atoms with Crippen LogP contribution in [0.2, 0.25) is 0 Å². The highest BCUT2D eigenvalue weighted by atomic mass is 35.5. The van der Waals surface area contributed by atoms with Crippen LogP contribution < -0.4 is 0 Å². The zero-order valence-corrected chi connectivity index (χ0v) is 10.2. The first kappa shape index (κ1) is 11.6. The minimum atomic E-state index is -0.622. The molecule has 0 saturated heterocycles. The Morgan fingerprint density at radius 1 is 1.17 bits per heavy atom. The van der Waals surface area contributed by atoms with Crippen molar-refractivity contribution in [1.29, 1.82) is 0 Å². The predicted molar refractivity (Wildman–Crippen MR) is 63.2 cm³/mol. The number of aromatic nitrogens is 3. The predicted octanol–water partition coefficient (Wildman–Crippen LogP) is 3.30.